The highest BCUT2D eigenvalue weighted by Gasteiger charge is 2.12. The van der Waals surface area contributed by atoms with E-state index in [4.69, 9.17) is 11.6 Å². The number of para-hydroxylation sites is 1. The maximum atomic E-state index is 12.2. The van der Waals surface area contributed by atoms with Gasteiger partial charge in [0.25, 0.3) is 5.56 Å². The number of hydrogen-bond acceptors (Lipinski definition) is 3. The number of carbonyl (C=O) groups is 1. The van der Waals surface area contributed by atoms with Gasteiger partial charge in [0.15, 0.2) is 0 Å². The molecule has 0 aliphatic carbocycles. The molecular weight excluding hydrogens is 328 g/mol. The van der Waals surface area contributed by atoms with Crippen molar-refractivity contribution < 1.29 is 4.79 Å². The third kappa shape index (κ3) is 3.55. The second-order valence-electron chi connectivity index (χ2n) is 5.12. The number of halogens is 1. The van der Waals surface area contributed by atoms with Crippen LogP contribution >= 0.6 is 11.6 Å². The number of benzene rings is 1. The molecule has 1 aromatic carbocycles. The van der Waals surface area contributed by atoms with Crippen molar-refractivity contribution >= 4 is 23.2 Å². The summed E-state index contributed by atoms with van der Waals surface area (Å²) in [6.45, 7) is 0.309. The number of hydrogen-bond donors (Lipinski definition) is 1. The molecule has 0 aliphatic heterocycles. The Bertz CT molecular complexity index is 903. The molecule has 6 nitrogen and oxygen atoms in total. The molecule has 2 aromatic heterocycles. The predicted molar refractivity (Wildman–Crippen MR) is 92.5 cm³/mol. The first-order chi connectivity index (χ1) is 11.6. The summed E-state index contributed by atoms with van der Waals surface area (Å²) in [6.07, 6.45) is 5.22. The second kappa shape index (κ2) is 7.14. The topological polar surface area (TPSA) is 68.9 Å². The van der Waals surface area contributed by atoms with Gasteiger partial charge < -0.3 is 9.88 Å². The first-order valence-electron chi connectivity index (χ1n) is 7.39. The Morgan fingerprint density at radius 3 is 2.75 bits per heavy atom. The van der Waals surface area contributed by atoms with Crippen molar-refractivity contribution in [2.24, 2.45) is 0 Å². The van der Waals surface area contributed by atoms with Crippen molar-refractivity contribution in [3.8, 4) is 5.69 Å². The van der Waals surface area contributed by atoms with Gasteiger partial charge in [-0.25, -0.2) is 4.68 Å². The van der Waals surface area contributed by atoms with Crippen molar-refractivity contribution in [2.75, 3.05) is 5.32 Å². The third-order valence-corrected chi connectivity index (χ3v) is 3.78. The average molecular weight is 343 g/mol. The molecule has 1 amide bonds. The first-order valence-corrected chi connectivity index (χ1v) is 7.77. The van der Waals surface area contributed by atoms with E-state index < -0.39 is 0 Å². The molecule has 0 saturated heterocycles. The monoisotopic (exact) mass is 342 g/mol. The van der Waals surface area contributed by atoms with Crippen molar-refractivity contribution in [1.29, 1.82) is 0 Å². The zero-order valence-corrected chi connectivity index (χ0v) is 13.5. The van der Waals surface area contributed by atoms with E-state index in [0.717, 1.165) is 0 Å². The Hall–Kier alpha value is -2.86. The molecule has 7 heteroatoms. The zero-order chi connectivity index (χ0) is 16.9. The third-order valence-electron chi connectivity index (χ3n) is 3.47. The Morgan fingerprint density at radius 1 is 1.12 bits per heavy atom. The van der Waals surface area contributed by atoms with Gasteiger partial charge >= 0.3 is 0 Å². The van der Waals surface area contributed by atoms with Gasteiger partial charge in [0.1, 0.15) is 5.69 Å². The normalized spacial score (nSPS) is 10.5. The molecule has 0 saturated carbocycles. The maximum Gasteiger partial charge on any atom is 0.250 e. The zero-order valence-electron chi connectivity index (χ0n) is 12.7. The lowest BCUT2D eigenvalue weighted by molar-refractivity contribution is -0.116. The molecule has 2 heterocycles. The number of nitrogens with one attached hydrogen (secondary N) is 1. The van der Waals surface area contributed by atoms with Gasteiger partial charge in [0, 0.05) is 37.6 Å². The number of rotatable bonds is 5. The van der Waals surface area contributed by atoms with Gasteiger partial charge in [-0.15, -0.1) is 0 Å². The molecule has 3 rings (SSSR count). The van der Waals surface area contributed by atoms with Crippen LogP contribution in [-0.4, -0.2) is 20.3 Å². The molecule has 0 spiro atoms. The van der Waals surface area contributed by atoms with E-state index in [0.29, 0.717) is 22.9 Å². The molecule has 0 aliphatic rings. The molecule has 0 bridgehead atoms. The molecular formula is C17H15ClN4O2. The summed E-state index contributed by atoms with van der Waals surface area (Å²) < 4.78 is 3.09. The van der Waals surface area contributed by atoms with Crippen LogP contribution in [0.3, 0.4) is 0 Å². The molecule has 1 N–H and O–H groups in total. The van der Waals surface area contributed by atoms with Crippen LogP contribution < -0.4 is 10.9 Å². The fraction of sp³-hybridized carbons (Fsp3) is 0.118. The quantitative estimate of drug-likeness (QED) is 0.775. The summed E-state index contributed by atoms with van der Waals surface area (Å²) in [5.41, 5.74) is 1.04. The lowest BCUT2D eigenvalue weighted by atomic mass is 10.2. The lowest BCUT2D eigenvalue weighted by Gasteiger charge is -2.13. The minimum absolute atomic E-state index is 0.134. The van der Waals surface area contributed by atoms with Gasteiger partial charge in [-0.05, 0) is 24.3 Å². The van der Waals surface area contributed by atoms with Gasteiger partial charge in [0.2, 0.25) is 5.91 Å². The van der Waals surface area contributed by atoms with E-state index in [2.05, 4.69) is 10.4 Å². The van der Waals surface area contributed by atoms with Crippen LogP contribution in [-0.2, 0) is 11.3 Å². The summed E-state index contributed by atoms with van der Waals surface area (Å²) in [5, 5.41) is 7.47. The van der Waals surface area contributed by atoms with Crippen LogP contribution in [0.15, 0.2) is 65.8 Å². The second-order valence-corrected chi connectivity index (χ2v) is 5.52. The van der Waals surface area contributed by atoms with Crippen molar-refractivity contribution in [3.05, 3.63) is 76.4 Å². The van der Waals surface area contributed by atoms with Crippen molar-refractivity contribution in [1.82, 2.24) is 14.3 Å². The van der Waals surface area contributed by atoms with Crippen LogP contribution in [0.4, 0.5) is 5.69 Å². The molecule has 0 radical (unpaired) electrons. The van der Waals surface area contributed by atoms with Crippen LogP contribution in [0, 0.1) is 0 Å². The van der Waals surface area contributed by atoms with Gasteiger partial charge in [0.05, 0.1) is 10.7 Å². The standard InChI is InChI=1S/C17H15ClN4O2/c18-13-5-3-6-14(17(13)22-11-4-9-19-22)20-15(23)8-12-21-10-2-1-7-16(21)24/h1-7,9-11H,8,12H2,(H,20,23). The number of carbonyl (C=O) groups excluding carboxylic acids is 1. The van der Waals surface area contributed by atoms with Gasteiger partial charge in [-0.1, -0.05) is 23.7 Å². The summed E-state index contributed by atoms with van der Waals surface area (Å²) in [6, 6.07) is 11.9. The first kappa shape index (κ1) is 16.0. The minimum atomic E-state index is -0.207. The number of anilines is 1. The number of aromatic nitrogens is 3. The number of nitrogens with zero attached hydrogens (tertiary/aromatic N) is 3. The SMILES string of the molecule is O=C(CCn1ccccc1=O)Nc1cccc(Cl)c1-n1cccn1. The molecule has 3 aromatic rings. The minimum Gasteiger partial charge on any atom is -0.324 e. The van der Waals surface area contributed by atoms with E-state index in [1.165, 1.54) is 10.6 Å². The maximum absolute atomic E-state index is 12.2. The number of amides is 1. The van der Waals surface area contributed by atoms with Gasteiger partial charge in [-0.2, -0.15) is 5.10 Å². The molecule has 0 fully saturated rings. The number of aryl methyl sites for hydroxylation is 1. The summed E-state index contributed by atoms with van der Waals surface area (Å²) in [7, 11) is 0. The summed E-state index contributed by atoms with van der Waals surface area (Å²) in [5.74, 6) is -0.207. The Balaban J connectivity index is 1.75. The van der Waals surface area contributed by atoms with Crippen LogP contribution in [0.5, 0.6) is 0 Å². The highest BCUT2D eigenvalue weighted by Crippen LogP contribution is 2.28. The largest absolute Gasteiger partial charge is 0.324 e. The van der Waals surface area contributed by atoms with E-state index in [9.17, 15) is 9.59 Å². The Labute approximate surface area is 143 Å². The molecule has 0 atom stereocenters. The smallest absolute Gasteiger partial charge is 0.250 e. The highest BCUT2D eigenvalue weighted by atomic mass is 35.5. The van der Waals surface area contributed by atoms with Crippen LogP contribution in [0.2, 0.25) is 5.02 Å². The molecule has 0 unspecified atom stereocenters. The number of pyridine rings is 1. The van der Waals surface area contributed by atoms with Crippen molar-refractivity contribution in [3.63, 3.8) is 0 Å². The fourth-order valence-corrected chi connectivity index (χ4v) is 2.59. The lowest BCUT2D eigenvalue weighted by Crippen LogP contribution is -2.22. The van der Waals surface area contributed by atoms with Crippen molar-refractivity contribution in [2.45, 2.75) is 13.0 Å². The molecule has 122 valence electrons. The van der Waals surface area contributed by atoms with E-state index in [1.807, 2.05) is 0 Å². The Kier molecular flexibility index (Phi) is 4.77. The predicted octanol–water partition coefficient (Wildman–Crippen LogP) is 2.72. The summed E-state index contributed by atoms with van der Waals surface area (Å²) >= 11 is 6.24. The van der Waals surface area contributed by atoms with Crippen LogP contribution in [0.25, 0.3) is 5.69 Å². The van der Waals surface area contributed by atoms with Gasteiger partial charge in [-0.3, -0.25) is 9.59 Å². The van der Waals surface area contributed by atoms with E-state index >= 15 is 0 Å². The fourth-order valence-electron chi connectivity index (χ4n) is 2.33. The Morgan fingerprint density at radius 2 is 2.00 bits per heavy atom. The van der Waals surface area contributed by atoms with E-state index in [-0.39, 0.29) is 17.9 Å². The van der Waals surface area contributed by atoms with Crippen LogP contribution in [0.1, 0.15) is 6.42 Å². The van der Waals surface area contributed by atoms with E-state index in [1.54, 1.807) is 59.7 Å². The summed E-state index contributed by atoms with van der Waals surface area (Å²) in [4.78, 5) is 23.9. The average Bonchev–Trinajstić information content (AvgIpc) is 3.08. The highest BCUT2D eigenvalue weighted by molar-refractivity contribution is 6.33. The molecule has 24 heavy (non-hydrogen) atoms.